The number of carboxylic acid groups (broad SMARTS) is 1. The van der Waals surface area contributed by atoms with Gasteiger partial charge in [0.25, 0.3) is 0 Å². The van der Waals surface area contributed by atoms with Crippen LogP contribution in [0.2, 0.25) is 0 Å². The Morgan fingerprint density at radius 3 is 2.29 bits per heavy atom. The Bertz CT molecular complexity index is 385. The summed E-state index contributed by atoms with van der Waals surface area (Å²) in [5, 5.41) is 11.6. The summed E-state index contributed by atoms with van der Waals surface area (Å²) in [4.78, 5) is 22.7. The van der Waals surface area contributed by atoms with E-state index in [0.717, 1.165) is 12.8 Å². The molecule has 5 nitrogen and oxygen atoms in total. The minimum atomic E-state index is -0.930. The summed E-state index contributed by atoms with van der Waals surface area (Å²) in [5.74, 6) is -0.930. The predicted octanol–water partition coefficient (Wildman–Crippen LogP) is 5.05. The van der Waals surface area contributed by atoms with Crippen LogP contribution >= 0.6 is 0 Å². The van der Waals surface area contributed by atoms with E-state index in [1.165, 1.54) is 32.1 Å². The minimum Gasteiger partial charge on any atom is -0.481 e. The van der Waals surface area contributed by atoms with E-state index in [4.69, 9.17) is 9.84 Å². The van der Waals surface area contributed by atoms with E-state index < -0.39 is 23.7 Å². The number of amides is 1. The molecular weight excluding hydrogens is 306 g/mol. The van der Waals surface area contributed by atoms with Crippen molar-refractivity contribution in [3.8, 4) is 0 Å². The van der Waals surface area contributed by atoms with Crippen molar-refractivity contribution in [3.05, 3.63) is 12.2 Å². The monoisotopic (exact) mass is 341 g/mol. The summed E-state index contributed by atoms with van der Waals surface area (Å²) in [6.07, 6.45) is 12.4. The molecule has 0 spiro atoms. The largest absolute Gasteiger partial charge is 0.481 e. The second-order valence-electron chi connectivity index (χ2n) is 7.20. The van der Waals surface area contributed by atoms with Gasteiger partial charge in [-0.2, -0.15) is 0 Å². The van der Waals surface area contributed by atoms with Crippen LogP contribution in [0.3, 0.4) is 0 Å². The molecule has 0 unspecified atom stereocenters. The highest BCUT2D eigenvalue weighted by Gasteiger charge is 2.20. The molecule has 24 heavy (non-hydrogen) atoms. The third-order valence-electron chi connectivity index (χ3n) is 3.45. The van der Waals surface area contributed by atoms with Crippen molar-refractivity contribution in [2.45, 2.75) is 97.1 Å². The van der Waals surface area contributed by atoms with Gasteiger partial charge in [-0.3, -0.25) is 4.79 Å². The number of nitrogens with one attached hydrogen (secondary N) is 1. The van der Waals surface area contributed by atoms with E-state index in [1.54, 1.807) is 20.8 Å². The maximum atomic E-state index is 11.8. The van der Waals surface area contributed by atoms with Crippen molar-refractivity contribution >= 4 is 12.1 Å². The molecule has 0 aliphatic rings. The zero-order chi connectivity index (χ0) is 18.4. The predicted molar refractivity (Wildman–Crippen MR) is 97.2 cm³/mol. The lowest BCUT2D eigenvalue weighted by Gasteiger charge is -2.22. The molecular formula is C19H35NO4. The zero-order valence-corrected chi connectivity index (χ0v) is 15.8. The molecule has 0 fully saturated rings. The molecule has 0 bridgehead atoms. The molecule has 140 valence electrons. The lowest BCUT2D eigenvalue weighted by Crippen LogP contribution is -2.40. The number of hydrogen-bond donors (Lipinski definition) is 2. The van der Waals surface area contributed by atoms with Gasteiger partial charge in [0.2, 0.25) is 0 Å². The highest BCUT2D eigenvalue weighted by Crippen LogP contribution is 2.10. The van der Waals surface area contributed by atoms with Crippen molar-refractivity contribution in [1.82, 2.24) is 5.32 Å². The molecule has 5 heteroatoms. The zero-order valence-electron chi connectivity index (χ0n) is 15.8. The van der Waals surface area contributed by atoms with E-state index in [1.807, 2.05) is 6.08 Å². The molecule has 0 aromatic heterocycles. The van der Waals surface area contributed by atoms with Crippen LogP contribution < -0.4 is 5.32 Å². The van der Waals surface area contributed by atoms with Gasteiger partial charge >= 0.3 is 12.1 Å². The van der Waals surface area contributed by atoms with Crippen LogP contribution in [0.25, 0.3) is 0 Å². The number of carboxylic acids is 1. The fourth-order valence-electron chi connectivity index (χ4n) is 2.30. The molecule has 1 amide bonds. The first-order valence-electron chi connectivity index (χ1n) is 9.11. The molecule has 0 aliphatic heterocycles. The second kappa shape index (κ2) is 12.8. The SMILES string of the molecule is CCCCCCCC/C=C\C[C@@H](CC(=O)O)NC(=O)OC(C)(C)C. The van der Waals surface area contributed by atoms with Gasteiger partial charge in [0, 0.05) is 6.04 Å². The van der Waals surface area contributed by atoms with Gasteiger partial charge < -0.3 is 15.2 Å². The number of unbranched alkanes of at least 4 members (excludes halogenated alkanes) is 6. The number of carbonyl (C=O) groups is 2. The maximum Gasteiger partial charge on any atom is 0.407 e. The average molecular weight is 341 g/mol. The number of hydrogen-bond acceptors (Lipinski definition) is 3. The first-order chi connectivity index (χ1) is 11.2. The Kier molecular flexibility index (Phi) is 12.0. The van der Waals surface area contributed by atoms with E-state index in [2.05, 4.69) is 18.3 Å². The third kappa shape index (κ3) is 15.4. The van der Waals surface area contributed by atoms with Gasteiger partial charge in [-0.1, -0.05) is 51.2 Å². The fraction of sp³-hybridized carbons (Fsp3) is 0.789. The number of alkyl carbamates (subject to hydrolysis) is 1. The molecule has 1 atom stereocenters. The van der Waals surface area contributed by atoms with Gasteiger partial charge in [0.05, 0.1) is 6.42 Å². The first kappa shape index (κ1) is 22.5. The number of rotatable bonds is 12. The quantitative estimate of drug-likeness (QED) is 0.385. The van der Waals surface area contributed by atoms with Gasteiger partial charge in [-0.05, 0) is 40.0 Å². The summed E-state index contributed by atoms with van der Waals surface area (Å²) >= 11 is 0. The highest BCUT2D eigenvalue weighted by molar-refractivity contribution is 5.71. The van der Waals surface area contributed by atoms with Crippen LogP contribution in [0.1, 0.15) is 85.5 Å². The first-order valence-corrected chi connectivity index (χ1v) is 9.11. The topological polar surface area (TPSA) is 75.6 Å². The van der Waals surface area contributed by atoms with E-state index in [0.29, 0.717) is 6.42 Å². The van der Waals surface area contributed by atoms with Crippen LogP contribution in [0.15, 0.2) is 12.2 Å². The molecule has 0 radical (unpaired) electrons. The molecule has 0 aromatic carbocycles. The number of ether oxygens (including phenoxy) is 1. The van der Waals surface area contributed by atoms with E-state index in [9.17, 15) is 9.59 Å². The molecule has 0 saturated heterocycles. The summed E-state index contributed by atoms with van der Waals surface area (Å²) in [7, 11) is 0. The minimum absolute atomic E-state index is 0.111. The van der Waals surface area contributed by atoms with E-state index >= 15 is 0 Å². The summed E-state index contributed by atoms with van der Waals surface area (Å²) < 4.78 is 5.17. The van der Waals surface area contributed by atoms with Gasteiger partial charge in [-0.25, -0.2) is 4.79 Å². The van der Waals surface area contributed by atoms with E-state index in [-0.39, 0.29) is 6.42 Å². The fourth-order valence-corrected chi connectivity index (χ4v) is 2.30. The standard InChI is InChI=1S/C19H35NO4/c1-5-6-7-8-9-10-11-12-13-14-16(15-17(21)22)20-18(23)24-19(2,3)4/h12-13,16H,5-11,14-15H2,1-4H3,(H,20,23)(H,21,22)/b13-12-/t16-/m0/s1. The molecule has 2 N–H and O–H groups in total. The van der Waals surface area contributed by atoms with Crippen LogP contribution in [0.4, 0.5) is 4.79 Å². The summed E-state index contributed by atoms with van der Waals surface area (Å²) in [5.41, 5.74) is -0.592. The number of carbonyl (C=O) groups excluding carboxylic acids is 1. The smallest absolute Gasteiger partial charge is 0.407 e. The lowest BCUT2D eigenvalue weighted by atomic mass is 10.1. The van der Waals surface area contributed by atoms with Crippen molar-refractivity contribution in [2.24, 2.45) is 0 Å². The molecule has 0 aromatic rings. The Labute approximate surface area is 146 Å². The Balaban J connectivity index is 4.08. The summed E-state index contributed by atoms with van der Waals surface area (Å²) in [6, 6.07) is -0.446. The lowest BCUT2D eigenvalue weighted by molar-refractivity contribution is -0.137. The number of aliphatic carboxylic acids is 1. The van der Waals surface area contributed by atoms with Crippen molar-refractivity contribution in [2.75, 3.05) is 0 Å². The van der Waals surface area contributed by atoms with Crippen LogP contribution in [-0.4, -0.2) is 28.8 Å². The highest BCUT2D eigenvalue weighted by atomic mass is 16.6. The van der Waals surface area contributed by atoms with Crippen LogP contribution in [0, 0.1) is 0 Å². The number of allylic oxidation sites excluding steroid dienone is 1. The Morgan fingerprint density at radius 1 is 1.08 bits per heavy atom. The van der Waals surface area contributed by atoms with Gasteiger partial charge in [0.1, 0.15) is 5.60 Å². The van der Waals surface area contributed by atoms with Crippen molar-refractivity contribution < 1.29 is 19.4 Å². The van der Waals surface area contributed by atoms with Gasteiger partial charge in [0.15, 0.2) is 0 Å². The average Bonchev–Trinajstić information content (AvgIpc) is 2.42. The Hall–Kier alpha value is -1.52. The van der Waals surface area contributed by atoms with Crippen molar-refractivity contribution in [1.29, 1.82) is 0 Å². The summed E-state index contributed by atoms with van der Waals surface area (Å²) in [6.45, 7) is 7.54. The molecule has 0 aliphatic carbocycles. The van der Waals surface area contributed by atoms with Crippen LogP contribution in [0.5, 0.6) is 0 Å². The maximum absolute atomic E-state index is 11.8. The Morgan fingerprint density at radius 2 is 1.71 bits per heavy atom. The molecule has 0 rings (SSSR count). The van der Waals surface area contributed by atoms with Gasteiger partial charge in [-0.15, -0.1) is 0 Å². The molecule has 0 saturated carbocycles. The van der Waals surface area contributed by atoms with Crippen molar-refractivity contribution in [3.63, 3.8) is 0 Å². The molecule has 0 heterocycles. The third-order valence-corrected chi connectivity index (χ3v) is 3.45. The normalized spacial score (nSPS) is 13.0. The second-order valence-corrected chi connectivity index (χ2v) is 7.20. The van der Waals surface area contributed by atoms with Crippen LogP contribution in [-0.2, 0) is 9.53 Å².